The predicted molar refractivity (Wildman–Crippen MR) is 80.4 cm³/mol. The molecule has 0 unspecified atom stereocenters. The van der Waals surface area contributed by atoms with Gasteiger partial charge in [-0.05, 0) is 71.5 Å². The molecule has 0 nitrogen and oxygen atoms in total. The van der Waals surface area contributed by atoms with E-state index in [0.29, 0.717) is 0 Å². The summed E-state index contributed by atoms with van der Waals surface area (Å²) in [5.74, 6) is 0. The summed E-state index contributed by atoms with van der Waals surface area (Å²) in [5.41, 5.74) is 5.56. The molecule has 3 aromatic carbocycles. The molecule has 0 radical (unpaired) electrons. The topological polar surface area (TPSA) is 0 Å². The molecule has 0 aromatic heterocycles. The largest absolute Gasteiger partial charge is 0.0584 e. The maximum atomic E-state index is 2.24. The molecule has 0 spiro atoms. The average Bonchev–Trinajstić information content (AvgIpc) is 2.38. The SMILES string of the molecule is Cc1ccc2ccc3ccc(C)c(C)c3c2c1C. The number of hydrogen-bond donors (Lipinski definition) is 0. The van der Waals surface area contributed by atoms with E-state index in [1.165, 1.54) is 43.8 Å². The van der Waals surface area contributed by atoms with Crippen LogP contribution in [0.3, 0.4) is 0 Å². The zero-order valence-corrected chi connectivity index (χ0v) is 11.5. The van der Waals surface area contributed by atoms with Crippen LogP contribution in [0.2, 0.25) is 0 Å². The van der Waals surface area contributed by atoms with Crippen LogP contribution in [0.5, 0.6) is 0 Å². The molecule has 0 amide bonds. The Balaban J connectivity index is 2.67. The van der Waals surface area contributed by atoms with Gasteiger partial charge in [0.1, 0.15) is 0 Å². The molecule has 3 rings (SSSR count). The molecule has 0 bridgehead atoms. The molecule has 0 atom stereocenters. The van der Waals surface area contributed by atoms with Crippen LogP contribution in [0.15, 0.2) is 36.4 Å². The van der Waals surface area contributed by atoms with Crippen LogP contribution in [0, 0.1) is 27.7 Å². The van der Waals surface area contributed by atoms with Crippen molar-refractivity contribution in [2.24, 2.45) is 0 Å². The van der Waals surface area contributed by atoms with Crippen LogP contribution in [-0.4, -0.2) is 0 Å². The molecule has 0 saturated heterocycles. The van der Waals surface area contributed by atoms with Crippen LogP contribution < -0.4 is 0 Å². The summed E-state index contributed by atoms with van der Waals surface area (Å²) in [6.07, 6.45) is 0. The van der Waals surface area contributed by atoms with Crippen LogP contribution in [0.4, 0.5) is 0 Å². The van der Waals surface area contributed by atoms with E-state index in [2.05, 4.69) is 64.1 Å². The van der Waals surface area contributed by atoms with Crippen molar-refractivity contribution in [3.8, 4) is 0 Å². The maximum absolute atomic E-state index is 2.24. The highest BCUT2D eigenvalue weighted by Crippen LogP contribution is 2.32. The minimum absolute atomic E-state index is 1.35. The molecule has 18 heavy (non-hydrogen) atoms. The smallest absolute Gasteiger partial charge is 0.00707 e. The first-order chi connectivity index (χ1) is 8.59. The highest BCUT2D eigenvalue weighted by Gasteiger charge is 2.08. The Labute approximate surface area is 108 Å². The van der Waals surface area contributed by atoms with Crippen LogP contribution in [0.1, 0.15) is 22.3 Å². The van der Waals surface area contributed by atoms with Gasteiger partial charge < -0.3 is 0 Å². The Bertz CT molecular complexity index is 697. The fourth-order valence-corrected chi connectivity index (χ4v) is 2.79. The number of hydrogen-bond acceptors (Lipinski definition) is 0. The molecule has 0 heterocycles. The predicted octanol–water partition coefficient (Wildman–Crippen LogP) is 5.23. The lowest BCUT2D eigenvalue weighted by molar-refractivity contribution is 1.36. The molecule has 90 valence electrons. The molecule has 0 aliphatic heterocycles. The van der Waals surface area contributed by atoms with E-state index < -0.39 is 0 Å². The van der Waals surface area contributed by atoms with E-state index in [1.54, 1.807) is 0 Å². The van der Waals surface area contributed by atoms with Gasteiger partial charge in [-0.15, -0.1) is 0 Å². The highest BCUT2D eigenvalue weighted by molar-refractivity contribution is 6.11. The summed E-state index contributed by atoms with van der Waals surface area (Å²) < 4.78 is 0. The first kappa shape index (κ1) is 11.3. The van der Waals surface area contributed by atoms with E-state index in [-0.39, 0.29) is 0 Å². The van der Waals surface area contributed by atoms with Gasteiger partial charge in [0, 0.05) is 0 Å². The third kappa shape index (κ3) is 1.45. The molecular weight excluding hydrogens is 216 g/mol. The summed E-state index contributed by atoms with van der Waals surface area (Å²) >= 11 is 0. The lowest BCUT2D eigenvalue weighted by Crippen LogP contribution is -1.90. The summed E-state index contributed by atoms with van der Waals surface area (Å²) in [7, 11) is 0. The van der Waals surface area contributed by atoms with Gasteiger partial charge in [-0.1, -0.05) is 36.4 Å². The fourth-order valence-electron chi connectivity index (χ4n) is 2.79. The number of benzene rings is 3. The maximum Gasteiger partial charge on any atom is -0.00707 e. The zero-order valence-electron chi connectivity index (χ0n) is 11.5. The molecule has 0 N–H and O–H groups in total. The second kappa shape index (κ2) is 3.84. The second-order valence-corrected chi connectivity index (χ2v) is 5.28. The van der Waals surface area contributed by atoms with Gasteiger partial charge in [0.25, 0.3) is 0 Å². The van der Waals surface area contributed by atoms with E-state index in [1.807, 2.05) is 0 Å². The van der Waals surface area contributed by atoms with Gasteiger partial charge in [-0.3, -0.25) is 0 Å². The number of fused-ring (bicyclic) bond motifs is 3. The Morgan fingerprint density at radius 3 is 1.22 bits per heavy atom. The lowest BCUT2D eigenvalue weighted by Gasteiger charge is -2.13. The van der Waals surface area contributed by atoms with Crippen LogP contribution >= 0.6 is 0 Å². The van der Waals surface area contributed by atoms with E-state index in [9.17, 15) is 0 Å². The van der Waals surface area contributed by atoms with Crippen molar-refractivity contribution in [3.63, 3.8) is 0 Å². The summed E-state index contributed by atoms with van der Waals surface area (Å²) in [6, 6.07) is 13.4. The second-order valence-electron chi connectivity index (χ2n) is 5.28. The minimum Gasteiger partial charge on any atom is -0.0584 e. The Hall–Kier alpha value is -1.82. The van der Waals surface area contributed by atoms with Gasteiger partial charge in [0.05, 0.1) is 0 Å². The zero-order chi connectivity index (χ0) is 12.9. The van der Waals surface area contributed by atoms with Crippen molar-refractivity contribution in [2.75, 3.05) is 0 Å². The standard InChI is InChI=1S/C18H18/c1-11-5-7-15-9-10-16-8-6-12(2)14(4)18(16)17(15)13(11)3/h5-10H,1-4H3. The van der Waals surface area contributed by atoms with Crippen molar-refractivity contribution >= 4 is 21.5 Å². The Morgan fingerprint density at radius 1 is 0.500 bits per heavy atom. The summed E-state index contributed by atoms with van der Waals surface area (Å²) in [5, 5.41) is 5.54. The van der Waals surface area contributed by atoms with Gasteiger partial charge in [0.15, 0.2) is 0 Å². The van der Waals surface area contributed by atoms with Crippen molar-refractivity contribution in [1.82, 2.24) is 0 Å². The molecule has 3 aromatic rings. The summed E-state index contributed by atoms with van der Waals surface area (Å²) in [4.78, 5) is 0. The van der Waals surface area contributed by atoms with Gasteiger partial charge in [-0.25, -0.2) is 0 Å². The normalized spacial score (nSPS) is 11.3. The fraction of sp³-hybridized carbons (Fsp3) is 0.222. The monoisotopic (exact) mass is 234 g/mol. The molecule has 0 heteroatoms. The van der Waals surface area contributed by atoms with Gasteiger partial charge in [-0.2, -0.15) is 0 Å². The number of rotatable bonds is 0. The quantitative estimate of drug-likeness (QED) is 0.467. The molecule has 0 saturated carbocycles. The number of aryl methyl sites for hydroxylation is 4. The minimum atomic E-state index is 1.35. The third-order valence-corrected chi connectivity index (χ3v) is 4.23. The van der Waals surface area contributed by atoms with Crippen molar-refractivity contribution in [1.29, 1.82) is 0 Å². The van der Waals surface area contributed by atoms with E-state index >= 15 is 0 Å². The Kier molecular flexibility index (Phi) is 2.41. The van der Waals surface area contributed by atoms with E-state index in [4.69, 9.17) is 0 Å². The molecule has 0 aliphatic rings. The highest BCUT2D eigenvalue weighted by atomic mass is 14.1. The van der Waals surface area contributed by atoms with Crippen molar-refractivity contribution in [2.45, 2.75) is 27.7 Å². The molecule has 0 aliphatic carbocycles. The van der Waals surface area contributed by atoms with Gasteiger partial charge >= 0.3 is 0 Å². The first-order valence-corrected chi connectivity index (χ1v) is 6.48. The Morgan fingerprint density at radius 2 is 0.833 bits per heavy atom. The van der Waals surface area contributed by atoms with Gasteiger partial charge in [0.2, 0.25) is 0 Å². The summed E-state index contributed by atoms with van der Waals surface area (Å²) in [6.45, 7) is 8.86. The lowest BCUT2D eigenvalue weighted by atomic mass is 9.91. The first-order valence-electron chi connectivity index (χ1n) is 6.48. The molecule has 0 fully saturated rings. The third-order valence-electron chi connectivity index (χ3n) is 4.23. The van der Waals surface area contributed by atoms with Crippen molar-refractivity contribution in [3.05, 3.63) is 58.7 Å². The van der Waals surface area contributed by atoms with Crippen molar-refractivity contribution < 1.29 is 0 Å². The van der Waals surface area contributed by atoms with E-state index in [0.717, 1.165) is 0 Å². The average molecular weight is 234 g/mol. The molecular formula is C18H18. The van der Waals surface area contributed by atoms with Crippen LogP contribution in [-0.2, 0) is 0 Å². The van der Waals surface area contributed by atoms with Crippen LogP contribution in [0.25, 0.3) is 21.5 Å².